The standard InChI is InChI=1S/C14H20ClNO3S/c1-3-13(10-7-11(17)8-10)16-20(18,19)14-9(2)5-4-6-12(14)15/h4-6,10-11,13,16-17H,3,7-8H2,1-2H3/t10?,11?,13-/m0/s1. The van der Waals surface area contributed by atoms with E-state index in [1.807, 2.05) is 6.92 Å². The van der Waals surface area contributed by atoms with E-state index >= 15 is 0 Å². The largest absolute Gasteiger partial charge is 0.393 e. The highest BCUT2D eigenvalue weighted by Gasteiger charge is 2.35. The first-order chi connectivity index (χ1) is 9.35. The molecule has 1 atom stereocenters. The number of aryl methyl sites for hydroxylation is 1. The zero-order chi connectivity index (χ0) is 14.9. The fourth-order valence-electron chi connectivity index (χ4n) is 2.69. The van der Waals surface area contributed by atoms with Crippen molar-refractivity contribution in [3.05, 3.63) is 28.8 Å². The van der Waals surface area contributed by atoms with Gasteiger partial charge in [0, 0.05) is 6.04 Å². The topological polar surface area (TPSA) is 66.4 Å². The summed E-state index contributed by atoms with van der Waals surface area (Å²) in [5.74, 6) is 0.201. The number of aliphatic hydroxyl groups is 1. The minimum absolute atomic E-state index is 0.153. The molecule has 6 heteroatoms. The van der Waals surface area contributed by atoms with Crippen molar-refractivity contribution in [1.29, 1.82) is 0 Å². The van der Waals surface area contributed by atoms with Crippen molar-refractivity contribution in [2.75, 3.05) is 0 Å². The van der Waals surface area contributed by atoms with Gasteiger partial charge in [0.25, 0.3) is 0 Å². The Labute approximate surface area is 125 Å². The summed E-state index contributed by atoms with van der Waals surface area (Å²) < 4.78 is 27.8. The molecule has 1 saturated carbocycles. The highest BCUT2D eigenvalue weighted by molar-refractivity contribution is 7.89. The van der Waals surface area contributed by atoms with Gasteiger partial charge in [-0.1, -0.05) is 30.7 Å². The van der Waals surface area contributed by atoms with Crippen LogP contribution in [0.1, 0.15) is 31.7 Å². The number of sulfonamides is 1. The Kier molecular flexibility index (Phi) is 4.74. The van der Waals surface area contributed by atoms with Crippen LogP contribution in [0.4, 0.5) is 0 Å². The van der Waals surface area contributed by atoms with Crippen LogP contribution in [-0.2, 0) is 10.0 Å². The third kappa shape index (κ3) is 3.17. The molecule has 1 aliphatic rings. The second-order valence-electron chi connectivity index (χ2n) is 5.41. The van der Waals surface area contributed by atoms with Crippen LogP contribution < -0.4 is 4.72 Å². The monoisotopic (exact) mass is 317 g/mol. The molecular formula is C14H20ClNO3S. The summed E-state index contributed by atoms with van der Waals surface area (Å²) in [4.78, 5) is 0.153. The van der Waals surface area contributed by atoms with Gasteiger partial charge < -0.3 is 5.11 Å². The third-order valence-electron chi connectivity index (χ3n) is 3.90. The van der Waals surface area contributed by atoms with Gasteiger partial charge >= 0.3 is 0 Å². The minimum Gasteiger partial charge on any atom is -0.393 e. The minimum atomic E-state index is -3.64. The van der Waals surface area contributed by atoms with Crippen molar-refractivity contribution in [3.8, 4) is 0 Å². The number of aliphatic hydroxyl groups excluding tert-OH is 1. The van der Waals surface area contributed by atoms with E-state index in [0.717, 1.165) is 0 Å². The summed E-state index contributed by atoms with van der Waals surface area (Å²) in [6.07, 6.45) is 1.71. The molecule has 0 aliphatic heterocycles. The molecule has 112 valence electrons. The van der Waals surface area contributed by atoms with Crippen LogP contribution in [0.2, 0.25) is 5.02 Å². The molecule has 2 N–H and O–H groups in total. The molecule has 0 spiro atoms. The molecule has 0 saturated heterocycles. The second kappa shape index (κ2) is 6.02. The number of nitrogens with one attached hydrogen (secondary N) is 1. The van der Waals surface area contributed by atoms with Crippen LogP contribution in [0.3, 0.4) is 0 Å². The van der Waals surface area contributed by atoms with Gasteiger partial charge in [-0.05, 0) is 43.7 Å². The Hall–Kier alpha value is -0.620. The van der Waals surface area contributed by atoms with Crippen LogP contribution in [0, 0.1) is 12.8 Å². The fraction of sp³-hybridized carbons (Fsp3) is 0.571. The Balaban J connectivity index is 2.22. The molecule has 0 aromatic heterocycles. The number of hydrogen-bond donors (Lipinski definition) is 2. The highest BCUT2D eigenvalue weighted by atomic mass is 35.5. The van der Waals surface area contributed by atoms with Crippen molar-refractivity contribution in [2.24, 2.45) is 5.92 Å². The van der Waals surface area contributed by atoms with Crippen molar-refractivity contribution >= 4 is 21.6 Å². The summed E-state index contributed by atoms with van der Waals surface area (Å²) in [5.41, 5.74) is 0.633. The van der Waals surface area contributed by atoms with Gasteiger partial charge in [-0.2, -0.15) is 0 Å². The molecule has 20 heavy (non-hydrogen) atoms. The van der Waals surface area contributed by atoms with Gasteiger partial charge in [0.2, 0.25) is 10.0 Å². The van der Waals surface area contributed by atoms with Crippen LogP contribution in [0.5, 0.6) is 0 Å². The Morgan fingerprint density at radius 1 is 1.45 bits per heavy atom. The van der Waals surface area contributed by atoms with Crippen LogP contribution in [0.25, 0.3) is 0 Å². The van der Waals surface area contributed by atoms with Crippen molar-refractivity contribution < 1.29 is 13.5 Å². The van der Waals surface area contributed by atoms with Crippen LogP contribution in [0.15, 0.2) is 23.1 Å². The Morgan fingerprint density at radius 3 is 2.60 bits per heavy atom. The van der Waals surface area contributed by atoms with Crippen LogP contribution in [-0.4, -0.2) is 25.7 Å². The molecule has 0 heterocycles. The Bertz CT molecular complexity index is 562. The smallest absolute Gasteiger partial charge is 0.242 e. The molecule has 0 bridgehead atoms. The molecule has 0 unspecified atom stereocenters. The predicted molar refractivity (Wildman–Crippen MR) is 79.3 cm³/mol. The quantitative estimate of drug-likeness (QED) is 0.876. The van der Waals surface area contributed by atoms with E-state index in [9.17, 15) is 13.5 Å². The van der Waals surface area contributed by atoms with E-state index in [0.29, 0.717) is 24.8 Å². The summed E-state index contributed by atoms with van der Waals surface area (Å²) in [5, 5.41) is 9.61. The number of benzene rings is 1. The van der Waals surface area contributed by atoms with E-state index < -0.39 is 10.0 Å². The van der Waals surface area contributed by atoms with Gasteiger partial charge in [0.15, 0.2) is 0 Å². The zero-order valence-corrected chi connectivity index (χ0v) is 13.2. The van der Waals surface area contributed by atoms with E-state index in [2.05, 4.69) is 4.72 Å². The second-order valence-corrected chi connectivity index (χ2v) is 7.47. The van der Waals surface area contributed by atoms with Crippen molar-refractivity contribution in [1.82, 2.24) is 4.72 Å². The van der Waals surface area contributed by atoms with Gasteiger partial charge in [0.1, 0.15) is 4.90 Å². The first kappa shape index (κ1) is 15.8. The molecule has 0 radical (unpaired) electrons. The normalized spacial score (nSPS) is 24.2. The van der Waals surface area contributed by atoms with E-state index in [1.54, 1.807) is 25.1 Å². The molecule has 1 aromatic rings. The lowest BCUT2D eigenvalue weighted by Gasteiger charge is -2.37. The van der Waals surface area contributed by atoms with Gasteiger partial charge in [-0.3, -0.25) is 0 Å². The molecule has 4 nitrogen and oxygen atoms in total. The molecule has 0 amide bonds. The molecule has 2 rings (SSSR count). The maximum atomic E-state index is 12.5. The highest BCUT2D eigenvalue weighted by Crippen LogP contribution is 2.33. The number of halogens is 1. The van der Waals surface area contributed by atoms with E-state index in [4.69, 9.17) is 11.6 Å². The lowest BCUT2D eigenvalue weighted by molar-refractivity contribution is 0.0277. The molecule has 1 aromatic carbocycles. The SMILES string of the molecule is CC[C@H](NS(=O)(=O)c1c(C)cccc1Cl)C1CC(O)C1. The zero-order valence-electron chi connectivity index (χ0n) is 11.6. The van der Waals surface area contributed by atoms with E-state index in [1.165, 1.54) is 0 Å². The lowest BCUT2D eigenvalue weighted by atomic mass is 9.77. The number of hydrogen-bond acceptors (Lipinski definition) is 3. The lowest BCUT2D eigenvalue weighted by Crippen LogP contribution is -2.46. The van der Waals surface area contributed by atoms with Crippen molar-refractivity contribution in [3.63, 3.8) is 0 Å². The maximum absolute atomic E-state index is 12.5. The summed E-state index contributed by atoms with van der Waals surface area (Å²) in [7, 11) is -3.64. The fourth-order valence-corrected chi connectivity index (χ4v) is 4.91. The molecular weight excluding hydrogens is 298 g/mol. The van der Waals surface area contributed by atoms with Gasteiger partial charge in [-0.25, -0.2) is 13.1 Å². The number of rotatable bonds is 5. The molecule has 1 fully saturated rings. The third-order valence-corrected chi connectivity index (χ3v) is 6.02. The Morgan fingerprint density at radius 2 is 2.10 bits per heavy atom. The average molecular weight is 318 g/mol. The molecule has 1 aliphatic carbocycles. The summed E-state index contributed by atoms with van der Waals surface area (Å²) in [6, 6.07) is 4.89. The summed E-state index contributed by atoms with van der Waals surface area (Å²) >= 11 is 6.03. The predicted octanol–water partition coefficient (Wildman–Crippen LogP) is 2.48. The maximum Gasteiger partial charge on any atom is 0.242 e. The van der Waals surface area contributed by atoms with E-state index in [-0.39, 0.29) is 28.0 Å². The van der Waals surface area contributed by atoms with Crippen molar-refractivity contribution in [2.45, 2.75) is 50.2 Å². The average Bonchev–Trinajstić information content (AvgIpc) is 2.32. The summed E-state index contributed by atoms with van der Waals surface area (Å²) in [6.45, 7) is 3.67. The van der Waals surface area contributed by atoms with Gasteiger partial charge in [0.05, 0.1) is 11.1 Å². The van der Waals surface area contributed by atoms with Gasteiger partial charge in [-0.15, -0.1) is 0 Å². The first-order valence-corrected chi connectivity index (χ1v) is 8.66. The first-order valence-electron chi connectivity index (χ1n) is 6.80. The van der Waals surface area contributed by atoms with Crippen LogP contribution >= 0.6 is 11.6 Å².